The van der Waals surface area contributed by atoms with E-state index < -0.39 is 0 Å². The zero-order valence-electron chi connectivity index (χ0n) is 16.7. The minimum atomic E-state index is -0.160. The molecule has 0 radical (unpaired) electrons. The molecule has 4 aromatic rings. The maximum Gasteiger partial charge on any atom is 0.204 e. The van der Waals surface area contributed by atoms with Crippen molar-refractivity contribution in [1.82, 2.24) is 20.6 Å². The summed E-state index contributed by atoms with van der Waals surface area (Å²) in [6, 6.07) is 25.8. The highest BCUT2D eigenvalue weighted by atomic mass is 16.5. The van der Waals surface area contributed by atoms with Crippen LogP contribution in [0.25, 0.3) is 11.4 Å². The summed E-state index contributed by atoms with van der Waals surface area (Å²) in [5.41, 5.74) is 4.81. The van der Waals surface area contributed by atoms with E-state index in [9.17, 15) is 4.79 Å². The van der Waals surface area contributed by atoms with Crippen molar-refractivity contribution in [2.24, 2.45) is 0 Å². The summed E-state index contributed by atoms with van der Waals surface area (Å²) in [5, 5.41) is 14.1. The summed E-state index contributed by atoms with van der Waals surface area (Å²) in [6.07, 6.45) is 0.502. The third-order valence-electron chi connectivity index (χ3n) is 4.93. The molecule has 30 heavy (non-hydrogen) atoms. The Morgan fingerprint density at radius 3 is 2.43 bits per heavy atom. The van der Waals surface area contributed by atoms with Crippen molar-refractivity contribution in [2.75, 3.05) is 0 Å². The molecule has 0 spiro atoms. The van der Waals surface area contributed by atoms with E-state index in [2.05, 4.69) is 20.6 Å². The molecular weight excluding hydrogens is 376 g/mol. The van der Waals surface area contributed by atoms with Crippen molar-refractivity contribution in [3.05, 3.63) is 101 Å². The molecule has 0 saturated carbocycles. The summed E-state index contributed by atoms with van der Waals surface area (Å²) in [4.78, 5) is 11.8. The maximum absolute atomic E-state index is 11.8. The third kappa shape index (κ3) is 4.85. The molecule has 1 N–H and O–H groups in total. The highest BCUT2D eigenvalue weighted by Crippen LogP contribution is 2.26. The topological polar surface area (TPSA) is 80.8 Å². The molecule has 3 aromatic carbocycles. The molecular formula is C24H22N4O2. The molecule has 0 aliphatic heterocycles. The predicted octanol–water partition coefficient (Wildman–Crippen LogP) is 4.57. The van der Waals surface area contributed by atoms with E-state index in [-0.39, 0.29) is 11.9 Å². The minimum absolute atomic E-state index is 0.0584. The number of carbonyl (C=O) groups excluding carboxylic acids is 1. The SMILES string of the molecule is CC(=O)c1cccc(CC(OCc2ccccc2)c2ccc(-c3nn[nH]n3)cc2)c1. The lowest BCUT2D eigenvalue weighted by Crippen LogP contribution is -2.09. The van der Waals surface area contributed by atoms with Gasteiger partial charge >= 0.3 is 0 Å². The second-order valence-electron chi connectivity index (χ2n) is 7.10. The molecule has 1 aromatic heterocycles. The van der Waals surface area contributed by atoms with Crippen LogP contribution >= 0.6 is 0 Å². The number of ether oxygens (including phenoxy) is 1. The van der Waals surface area contributed by atoms with Crippen LogP contribution in [-0.2, 0) is 17.8 Å². The van der Waals surface area contributed by atoms with Gasteiger partial charge < -0.3 is 4.74 Å². The average Bonchev–Trinajstić information content (AvgIpc) is 3.33. The van der Waals surface area contributed by atoms with E-state index in [1.54, 1.807) is 6.92 Å². The molecule has 1 atom stereocenters. The molecule has 6 nitrogen and oxygen atoms in total. The predicted molar refractivity (Wildman–Crippen MR) is 114 cm³/mol. The van der Waals surface area contributed by atoms with Gasteiger partial charge in [0.2, 0.25) is 5.82 Å². The lowest BCUT2D eigenvalue weighted by molar-refractivity contribution is 0.0399. The van der Waals surface area contributed by atoms with Gasteiger partial charge in [0, 0.05) is 17.5 Å². The lowest BCUT2D eigenvalue weighted by atomic mass is 9.98. The monoisotopic (exact) mass is 398 g/mol. The standard InChI is InChI=1S/C24H22N4O2/c1-17(29)22-9-5-8-19(14-22)15-23(30-16-18-6-3-2-4-7-18)20-10-12-21(13-11-20)24-25-27-28-26-24/h2-14,23H,15-16H2,1H3,(H,25,26,27,28). The molecule has 0 aliphatic rings. The van der Waals surface area contributed by atoms with Crippen molar-refractivity contribution in [2.45, 2.75) is 26.1 Å². The van der Waals surface area contributed by atoms with Crippen LogP contribution in [-0.4, -0.2) is 26.4 Å². The van der Waals surface area contributed by atoms with E-state index in [1.807, 2.05) is 78.9 Å². The molecule has 0 saturated heterocycles. The van der Waals surface area contributed by atoms with E-state index in [4.69, 9.17) is 4.74 Å². The molecule has 1 heterocycles. The Hall–Kier alpha value is -3.64. The first kappa shape index (κ1) is 19.7. The van der Waals surface area contributed by atoms with Crippen LogP contribution in [0.3, 0.4) is 0 Å². The smallest absolute Gasteiger partial charge is 0.204 e. The zero-order chi connectivity index (χ0) is 20.8. The van der Waals surface area contributed by atoms with Gasteiger partial charge in [0.15, 0.2) is 5.78 Å². The first-order chi connectivity index (χ1) is 14.7. The Balaban J connectivity index is 1.57. The number of hydrogen-bond acceptors (Lipinski definition) is 5. The van der Waals surface area contributed by atoms with Gasteiger partial charge in [-0.25, -0.2) is 0 Å². The van der Waals surface area contributed by atoms with E-state index in [1.165, 1.54) is 0 Å². The Bertz CT molecular complexity index is 1090. The molecule has 6 heteroatoms. The number of nitrogens with one attached hydrogen (secondary N) is 1. The Kier molecular flexibility index (Phi) is 6.06. The Morgan fingerprint density at radius 1 is 0.967 bits per heavy atom. The number of ketones is 1. The second kappa shape index (κ2) is 9.24. The van der Waals surface area contributed by atoms with Crippen molar-refractivity contribution in [3.63, 3.8) is 0 Å². The summed E-state index contributed by atoms with van der Waals surface area (Å²) in [6.45, 7) is 2.09. The number of rotatable bonds is 8. The highest BCUT2D eigenvalue weighted by molar-refractivity contribution is 5.94. The number of aromatic amines is 1. The largest absolute Gasteiger partial charge is 0.369 e. The van der Waals surface area contributed by atoms with Crippen LogP contribution in [0.4, 0.5) is 0 Å². The van der Waals surface area contributed by atoms with Gasteiger partial charge in [-0.3, -0.25) is 4.79 Å². The maximum atomic E-state index is 11.8. The van der Waals surface area contributed by atoms with Crippen LogP contribution in [0.2, 0.25) is 0 Å². The summed E-state index contributed by atoms with van der Waals surface area (Å²) >= 11 is 0. The van der Waals surface area contributed by atoms with Crippen LogP contribution in [0.5, 0.6) is 0 Å². The van der Waals surface area contributed by atoms with Crippen LogP contribution in [0, 0.1) is 0 Å². The molecule has 150 valence electrons. The number of nitrogens with zero attached hydrogens (tertiary/aromatic N) is 3. The Morgan fingerprint density at radius 2 is 1.73 bits per heavy atom. The molecule has 1 unspecified atom stereocenters. The molecule has 0 bridgehead atoms. The number of H-pyrrole nitrogens is 1. The first-order valence-corrected chi connectivity index (χ1v) is 9.78. The summed E-state index contributed by atoms with van der Waals surface area (Å²) in [7, 11) is 0. The fourth-order valence-corrected chi connectivity index (χ4v) is 3.31. The van der Waals surface area contributed by atoms with E-state index >= 15 is 0 Å². The van der Waals surface area contributed by atoms with Crippen molar-refractivity contribution in [3.8, 4) is 11.4 Å². The quantitative estimate of drug-likeness (QED) is 0.440. The fourth-order valence-electron chi connectivity index (χ4n) is 3.31. The van der Waals surface area contributed by atoms with Gasteiger partial charge in [-0.2, -0.15) is 5.21 Å². The summed E-state index contributed by atoms with van der Waals surface area (Å²) < 4.78 is 6.31. The fraction of sp³-hybridized carbons (Fsp3) is 0.167. The van der Waals surface area contributed by atoms with E-state index in [0.717, 1.165) is 22.3 Å². The van der Waals surface area contributed by atoms with Crippen LogP contribution in [0.15, 0.2) is 78.9 Å². The van der Waals surface area contributed by atoms with Gasteiger partial charge in [-0.05, 0) is 34.9 Å². The highest BCUT2D eigenvalue weighted by Gasteiger charge is 2.15. The summed E-state index contributed by atoms with van der Waals surface area (Å²) in [5.74, 6) is 0.612. The number of benzene rings is 3. The molecule has 0 fully saturated rings. The minimum Gasteiger partial charge on any atom is -0.369 e. The zero-order valence-corrected chi connectivity index (χ0v) is 16.7. The normalized spacial score (nSPS) is 11.9. The molecule has 4 rings (SSSR count). The van der Waals surface area contributed by atoms with Gasteiger partial charge in [-0.15, -0.1) is 10.2 Å². The Labute approximate surface area is 174 Å². The lowest BCUT2D eigenvalue weighted by Gasteiger charge is -2.19. The van der Waals surface area contributed by atoms with Gasteiger partial charge in [0.25, 0.3) is 0 Å². The van der Waals surface area contributed by atoms with Crippen molar-refractivity contribution >= 4 is 5.78 Å². The number of carbonyl (C=O) groups is 1. The van der Waals surface area contributed by atoms with Gasteiger partial charge in [-0.1, -0.05) is 72.8 Å². The number of tetrazole rings is 1. The van der Waals surface area contributed by atoms with Crippen molar-refractivity contribution in [1.29, 1.82) is 0 Å². The number of hydrogen-bond donors (Lipinski definition) is 1. The second-order valence-corrected chi connectivity index (χ2v) is 7.10. The van der Waals surface area contributed by atoms with Gasteiger partial charge in [0.1, 0.15) is 0 Å². The van der Waals surface area contributed by atoms with Crippen LogP contribution < -0.4 is 0 Å². The number of Topliss-reactive ketones (excluding diaryl/α,β-unsaturated/α-hetero) is 1. The molecule has 0 amide bonds. The van der Waals surface area contributed by atoms with Gasteiger partial charge in [0.05, 0.1) is 12.7 Å². The first-order valence-electron chi connectivity index (χ1n) is 9.78. The molecule has 0 aliphatic carbocycles. The third-order valence-corrected chi connectivity index (χ3v) is 4.93. The van der Waals surface area contributed by atoms with E-state index in [0.29, 0.717) is 24.4 Å². The van der Waals surface area contributed by atoms with Crippen molar-refractivity contribution < 1.29 is 9.53 Å². The average molecular weight is 398 g/mol. The van der Waals surface area contributed by atoms with Crippen LogP contribution in [0.1, 0.15) is 40.1 Å². The number of aromatic nitrogens is 4.